The number of benzene rings is 4. The number of hydrogen-bond donors (Lipinski definition) is 0. The molecule has 0 aromatic heterocycles. The van der Waals surface area contributed by atoms with Crippen LogP contribution in [0.2, 0.25) is 0 Å². The third kappa shape index (κ3) is 5.94. The van der Waals surface area contributed by atoms with E-state index in [1.165, 1.54) is 10.6 Å². The lowest BCUT2D eigenvalue weighted by Gasteiger charge is -2.11. The van der Waals surface area contributed by atoms with E-state index in [0.29, 0.717) is 0 Å². The standard InChI is InChI=1S/C14H14O2.C12H11P/c1-15-13-9-5-3-7-11(13)12-8-4-6-10-14(12)16-2;1-3-7-11(8-4-1)13-12-9-5-2-6-10-12/h3-10H,1-2H3;1-10,13H. The minimum atomic E-state index is 0.777. The van der Waals surface area contributed by atoms with E-state index in [2.05, 4.69) is 60.7 Å². The van der Waals surface area contributed by atoms with Crippen molar-refractivity contribution in [3.63, 3.8) is 0 Å². The fourth-order valence-corrected chi connectivity index (χ4v) is 4.00. The molecule has 0 fully saturated rings. The molecule has 0 aliphatic rings. The van der Waals surface area contributed by atoms with Crippen molar-refractivity contribution in [1.29, 1.82) is 0 Å². The van der Waals surface area contributed by atoms with Crippen molar-refractivity contribution in [2.45, 2.75) is 0 Å². The largest absolute Gasteiger partial charge is 0.496 e. The van der Waals surface area contributed by atoms with Gasteiger partial charge in [0.2, 0.25) is 0 Å². The molecule has 0 amide bonds. The molecule has 4 aromatic carbocycles. The fourth-order valence-electron chi connectivity index (χ4n) is 2.94. The average molecular weight is 400 g/mol. The van der Waals surface area contributed by atoms with Crippen LogP contribution in [0, 0.1) is 0 Å². The Kier molecular flexibility index (Phi) is 7.86. The topological polar surface area (TPSA) is 18.5 Å². The molecule has 0 bridgehead atoms. The van der Waals surface area contributed by atoms with Gasteiger partial charge in [0, 0.05) is 11.1 Å². The summed E-state index contributed by atoms with van der Waals surface area (Å²) in [7, 11) is 4.13. The third-order valence-corrected chi connectivity index (χ3v) is 5.58. The van der Waals surface area contributed by atoms with Gasteiger partial charge in [-0.1, -0.05) is 106 Å². The zero-order chi connectivity index (χ0) is 20.3. The SMILES string of the molecule is COc1ccccc1-c1ccccc1OC.c1ccc(Pc2ccccc2)cc1. The molecule has 0 unspecified atom stereocenters. The molecular weight excluding hydrogens is 375 g/mol. The normalized spacial score (nSPS) is 9.86. The second kappa shape index (κ2) is 11.0. The van der Waals surface area contributed by atoms with E-state index in [4.69, 9.17) is 9.47 Å². The number of rotatable bonds is 5. The van der Waals surface area contributed by atoms with Crippen molar-refractivity contribution in [2.24, 2.45) is 0 Å². The molecule has 4 aromatic rings. The van der Waals surface area contributed by atoms with Gasteiger partial charge in [0.25, 0.3) is 0 Å². The highest BCUT2D eigenvalue weighted by Gasteiger charge is 2.08. The molecule has 0 saturated heterocycles. The summed E-state index contributed by atoms with van der Waals surface area (Å²) in [4.78, 5) is 0. The van der Waals surface area contributed by atoms with Crippen molar-refractivity contribution in [3.05, 3.63) is 109 Å². The lowest BCUT2D eigenvalue weighted by Crippen LogP contribution is -2.01. The summed E-state index contributed by atoms with van der Waals surface area (Å²) in [6.07, 6.45) is 0. The second-order valence-electron chi connectivity index (χ2n) is 6.26. The molecule has 0 atom stereocenters. The van der Waals surface area contributed by atoms with Crippen LogP contribution in [0.15, 0.2) is 109 Å². The third-order valence-electron chi connectivity index (χ3n) is 4.34. The molecule has 0 heterocycles. The predicted molar refractivity (Wildman–Crippen MR) is 125 cm³/mol. The molecule has 0 spiro atoms. The zero-order valence-electron chi connectivity index (χ0n) is 16.7. The van der Waals surface area contributed by atoms with Crippen LogP contribution in [-0.2, 0) is 0 Å². The Hall–Kier alpha value is -3.09. The highest BCUT2D eigenvalue weighted by molar-refractivity contribution is 7.55. The highest BCUT2D eigenvalue weighted by atomic mass is 31.1. The van der Waals surface area contributed by atoms with Gasteiger partial charge in [-0.2, -0.15) is 0 Å². The van der Waals surface area contributed by atoms with E-state index in [9.17, 15) is 0 Å². The summed E-state index contributed by atoms with van der Waals surface area (Å²) >= 11 is 0. The fraction of sp³-hybridized carbons (Fsp3) is 0.0769. The van der Waals surface area contributed by atoms with Crippen LogP contribution in [0.5, 0.6) is 11.5 Å². The first-order chi connectivity index (χ1) is 14.3. The Labute approximate surface area is 174 Å². The second-order valence-corrected chi connectivity index (χ2v) is 7.66. The van der Waals surface area contributed by atoms with E-state index >= 15 is 0 Å². The van der Waals surface area contributed by atoms with Crippen LogP contribution in [0.3, 0.4) is 0 Å². The van der Waals surface area contributed by atoms with Gasteiger partial charge in [-0.15, -0.1) is 0 Å². The molecule has 0 aliphatic heterocycles. The highest BCUT2D eigenvalue weighted by Crippen LogP contribution is 2.35. The van der Waals surface area contributed by atoms with Crippen LogP contribution in [0.4, 0.5) is 0 Å². The molecule has 3 heteroatoms. The molecular formula is C26H25O2P. The van der Waals surface area contributed by atoms with Crippen LogP contribution in [-0.4, -0.2) is 14.2 Å². The minimum absolute atomic E-state index is 0.777. The lowest BCUT2D eigenvalue weighted by molar-refractivity contribution is 0.410. The van der Waals surface area contributed by atoms with E-state index in [1.54, 1.807) is 14.2 Å². The Balaban J connectivity index is 0.000000169. The summed E-state index contributed by atoms with van der Waals surface area (Å²) in [5.74, 6) is 1.71. The summed E-state index contributed by atoms with van der Waals surface area (Å²) in [6, 6.07) is 37.0. The van der Waals surface area contributed by atoms with Gasteiger partial charge in [0.05, 0.1) is 14.2 Å². The maximum Gasteiger partial charge on any atom is 0.126 e. The molecule has 0 aliphatic carbocycles. The number of para-hydroxylation sites is 2. The van der Waals surface area contributed by atoms with Crippen LogP contribution >= 0.6 is 8.58 Å². The van der Waals surface area contributed by atoms with Crippen molar-refractivity contribution in [3.8, 4) is 22.6 Å². The number of hydrogen-bond acceptors (Lipinski definition) is 2. The molecule has 0 radical (unpaired) electrons. The first-order valence-corrected chi connectivity index (χ1v) is 10.5. The van der Waals surface area contributed by atoms with E-state index in [-0.39, 0.29) is 0 Å². The van der Waals surface area contributed by atoms with Crippen molar-refractivity contribution in [2.75, 3.05) is 14.2 Å². The minimum Gasteiger partial charge on any atom is -0.496 e. The van der Waals surface area contributed by atoms with Crippen LogP contribution < -0.4 is 20.1 Å². The van der Waals surface area contributed by atoms with Gasteiger partial charge in [-0.25, -0.2) is 0 Å². The number of ether oxygens (including phenoxy) is 2. The predicted octanol–water partition coefficient (Wildman–Crippen LogP) is 5.69. The average Bonchev–Trinajstić information content (AvgIpc) is 2.81. The zero-order valence-corrected chi connectivity index (χ0v) is 17.7. The molecule has 29 heavy (non-hydrogen) atoms. The van der Waals surface area contributed by atoms with Gasteiger partial charge in [0.1, 0.15) is 11.5 Å². The Bertz CT molecular complexity index is 918. The monoisotopic (exact) mass is 400 g/mol. The van der Waals surface area contributed by atoms with Gasteiger partial charge in [-0.05, 0) is 22.7 Å². The smallest absolute Gasteiger partial charge is 0.126 e. The molecule has 0 saturated carbocycles. The van der Waals surface area contributed by atoms with Crippen LogP contribution in [0.1, 0.15) is 0 Å². The quantitative estimate of drug-likeness (QED) is 0.401. The Morgan fingerprint density at radius 1 is 0.448 bits per heavy atom. The van der Waals surface area contributed by atoms with Gasteiger partial charge < -0.3 is 9.47 Å². The van der Waals surface area contributed by atoms with Crippen molar-refractivity contribution >= 4 is 19.2 Å². The van der Waals surface area contributed by atoms with Gasteiger partial charge in [-0.3, -0.25) is 0 Å². The summed E-state index contributed by atoms with van der Waals surface area (Å²) in [5, 5.41) is 2.79. The maximum absolute atomic E-state index is 5.34. The van der Waals surface area contributed by atoms with Crippen molar-refractivity contribution < 1.29 is 9.47 Å². The Morgan fingerprint density at radius 2 is 0.793 bits per heavy atom. The van der Waals surface area contributed by atoms with E-state index in [1.807, 2.05) is 48.5 Å². The van der Waals surface area contributed by atoms with Crippen molar-refractivity contribution in [1.82, 2.24) is 0 Å². The van der Waals surface area contributed by atoms with Gasteiger partial charge >= 0.3 is 0 Å². The summed E-state index contributed by atoms with van der Waals surface area (Å²) in [5.41, 5.74) is 2.09. The maximum atomic E-state index is 5.34. The molecule has 0 N–H and O–H groups in total. The van der Waals surface area contributed by atoms with E-state index in [0.717, 1.165) is 31.2 Å². The lowest BCUT2D eigenvalue weighted by atomic mass is 10.0. The molecule has 2 nitrogen and oxygen atoms in total. The Morgan fingerprint density at radius 3 is 1.17 bits per heavy atom. The summed E-state index contributed by atoms with van der Waals surface area (Å²) in [6.45, 7) is 0. The molecule has 4 rings (SSSR count). The first kappa shape index (κ1) is 20.6. The first-order valence-electron chi connectivity index (χ1n) is 9.45. The van der Waals surface area contributed by atoms with Crippen LogP contribution in [0.25, 0.3) is 11.1 Å². The van der Waals surface area contributed by atoms with E-state index < -0.39 is 0 Å². The summed E-state index contributed by atoms with van der Waals surface area (Å²) < 4.78 is 10.7. The van der Waals surface area contributed by atoms with Gasteiger partial charge in [0.15, 0.2) is 0 Å². The number of methoxy groups -OCH3 is 2. The molecule has 146 valence electrons.